The smallest absolute Gasteiger partial charge is 0.240 e. The second kappa shape index (κ2) is 4.18. The number of nitrogens with zero attached hydrogens (tertiary/aromatic N) is 2. The third-order valence-electron chi connectivity index (χ3n) is 1.10. The first kappa shape index (κ1) is 9.15. The first-order valence-corrected chi connectivity index (χ1v) is 4.32. The molecule has 5 heteroatoms. The molecule has 0 saturated heterocycles. The third-order valence-corrected chi connectivity index (χ3v) is 1.74. The van der Waals surface area contributed by atoms with Gasteiger partial charge in [0.1, 0.15) is 6.20 Å². The number of nitrogens with one attached hydrogen (secondary N) is 1. The quantitative estimate of drug-likeness (QED) is 0.741. The van der Waals surface area contributed by atoms with Gasteiger partial charge >= 0.3 is 0 Å². The van der Waals surface area contributed by atoms with Gasteiger partial charge in [-0.3, -0.25) is 4.79 Å². The van der Waals surface area contributed by atoms with Crippen LogP contribution in [0.3, 0.4) is 0 Å². The molecule has 4 nitrogen and oxygen atoms in total. The number of hydrogen-bond acceptors (Lipinski definition) is 4. The standard InChI is InChI=1S/C7H10N3OS/c1-10(2)5-6(11)9-7-8-3-4-12-7/h4H,5H2,1-2H3,(H,8,9,11). The summed E-state index contributed by atoms with van der Waals surface area (Å²) in [5.74, 6) is -0.0525. The molecular formula is C7H10N3OS. The fourth-order valence-corrected chi connectivity index (χ4v) is 1.19. The summed E-state index contributed by atoms with van der Waals surface area (Å²) < 4.78 is 0. The van der Waals surface area contributed by atoms with E-state index in [1.807, 2.05) is 14.1 Å². The topological polar surface area (TPSA) is 45.2 Å². The Morgan fingerprint density at radius 1 is 1.83 bits per heavy atom. The third kappa shape index (κ3) is 2.98. The van der Waals surface area contributed by atoms with E-state index in [1.165, 1.54) is 11.3 Å². The Kier molecular flexibility index (Phi) is 3.19. The lowest BCUT2D eigenvalue weighted by atomic mass is 10.5. The SMILES string of the molecule is CN(C)CC(=O)Nc1n[c]cs1. The van der Waals surface area contributed by atoms with Gasteiger partial charge in [0.25, 0.3) is 0 Å². The number of anilines is 1. The number of likely N-dealkylation sites (N-methyl/N-ethyl adjacent to an activating group) is 1. The molecule has 1 aromatic rings. The van der Waals surface area contributed by atoms with Gasteiger partial charge in [0.2, 0.25) is 5.91 Å². The minimum absolute atomic E-state index is 0.0525. The highest BCUT2D eigenvalue weighted by atomic mass is 32.1. The fourth-order valence-electron chi connectivity index (χ4n) is 0.697. The maximum atomic E-state index is 11.1. The molecular weight excluding hydrogens is 174 g/mol. The van der Waals surface area contributed by atoms with E-state index in [0.717, 1.165) is 0 Å². The molecule has 0 unspecified atom stereocenters. The van der Waals surface area contributed by atoms with Gasteiger partial charge in [-0.1, -0.05) is 0 Å². The molecule has 65 valence electrons. The van der Waals surface area contributed by atoms with Gasteiger partial charge in [-0.25, -0.2) is 4.98 Å². The van der Waals surface area contributed by atoms with E-state index in [9.17, 15) is 4.79 Å². The van der Waals surface area contributed by atoms with Crippen LogP contribution in [0, 0.1) is 6.20 Å². The average Bonchev–Trinajstić information content (AvgIpc) is 2.37. The van der Waals surface area contributed by atoms with Gasteiger partial charge in [0.05, 0.1) is 6.54 Å². The minimum atomic E-state index is -0.0525. The second-order valence-corrected chi connectivity index (χ2v) is 3.43. The van der Waals surface area contributed by atoms with Crippen LogP contribution in [0.5, 0.6) is 0 Å². The van der Waals surface area contributed by atoms with Crippen molar-refractivity contribution >= 4 is 22.4 Å². The number of amides is 1. The number of carbonyl (C=O) groups excluding carboxylic acids is 1. The van der Waals surface area contributed by atoms with Crippen molar-refractivity contribution in [3.63, 3.8) is 0 Å². The Hall–Kier alpha value is -0.940. The van der Waals surface area contributed by atoms with Crippen LogP contribution >= 0.6 is 11.3 Å². The molecule has 1 aromatic heterocycles. The molecule has 1 radical (unpaired) electrons. The Labute approximate surface area is 75.2 Å². The van der Waals surface area contributed by atoms with E-state index >= 15 is 0 Å². The van der Waals surface area contributed by atoms with Crippen molar-refractivity contribution in [3.8, 4) is 0 Å². The highest BCUT2D eigenvalue weighted by molar-refractivity contribution is 7.13. The first-order chi connectivity index (χ1) is 5.68. The Morgan fingerprint density at radius 3 is 3.08 bits per heavy atom. The molecule has 0 saturated carbocycles. The molecule has 0 fully saturated rings. The Morgan fingerprint density at radius 2 is 2.58 bits per heavy atom. The summed E-state index contributed by atoms with van der Waals surface area (Å²) in [6.45, 7) is 0.375. The van der Waals surface area contributed by atoms with Crippen molar-refractivity contribution in [1.82, 2.24) is 9.88 Å². The molecule has 0 bridgehead atoms. The summed E-state index contributed by atoms with van der Waals surface area (Å²) in [4.78, 5) is 16.7. The molecule has 0 spiro atoms. The van der Waals surface area contributed by atoms with Crippen LogP contribution < -0.4 is 5.32 Å². The predicted molar refractivity (Wildman–Crippen MR) is 48.1 cm³/mol. The fraction of sp³-hybridized carbons (Fsp3) is 0.429. The lowest BCUT2D eigenvalue weighted by molar-refractivity contribution is -0.116. The van der Waals surface area contributed by atoms with Gasteiger partial charge in [-0.05, 0) is 14.1 Å². The maximum absolute atomic E-state index is 11.1. The van der Waals surface area contributed by atoms with E-state index in [1.54, 1.807) is 10.3 Å². The largest absolute Gasteiger partial charge is 0.301 e. The maximum Gasteiger partial charge on any atom is 0.240 e. The van der Waals surface area contributed by atoms with Crippen molar-refractivity contribution < 1.29 is 4.79 Å². The van der Waals surface area contributed by atoms with E-state index in [0.29, 0.717) is 11.7 Å². The average molecular weight is 184 g/mol. The lowest BCUT2D eigenvalue weighted by Crippen LogP contribution is -2.26. The first-order valence-electron chi connectivity index (χ1n) is 3.44. The Balaban J connectivity index is 2.37. The van der Waals surface area contributed by atoms with E-state index in [4.69, 9.17) is 0 Å². The van der Waals surface area contributed by atoms with Crippen molar-refractivity contribution in [2.75, 3.05) is 26.0 Å². The van der Waals surface area contributed by atoms with Crippen LogP contribution in [-0.4, -0.2) is 36.4 Å². The molecule has 1 N–H and O–H groups in total. The second-order valence-electron chi connectivity index (χ2n) is 2.57. The zero-order valence-corrected chi connectivity index (χ0v) is 7.81. The molecule has 1 rings (SSSR count). The summed E-state index contributed by atoms with van der Waals surface area (Å²) in [7, 11) is 3.68. The summed E-state index contributed by atoms with van der Waals surface area (Å²) >= 11 is 1.36. The Bertz CT molecular complexity index is 245. The molecule has 12 heavy (non-hydrogen) atoms. The summed E-state index contributed by atoms with van der Waals surface area (Å²) in [6.07, 6.45) is 2.63. The van der Waals surface area contributed by atoms with E-state index in [-0.39, 0.29) is 5.91 Å². The monoisotopic (exact) mass is 184 g/mol. The van der Waals surface area contributed by atoms with Crippen LogP contribution in [0.15, 0.2) is 5.38 Å². The van der Waals surface area contributed by atoms with Crippen molar-refractivity contribution in [2.45, 2.75) is 0 Å². The highest BCUT2D eigenvalue weighted by Gasteiger charge is 2.04. The minimum Gasteiger partial charge on any atom is -0.301 e. The van der Waals surface area contributed by atoms with Gasteiger partial charge < -0.3 is 10.2 Å². The molecule has 0 atom stereocenters. The van der Waals surface area contributed by atoms with E-state index in [2.05, 4.69) is 16.5 Å². The van der Waals surface area contributed by atoms with Crippen molar-refractivity contribution in [2.24, 2.45) is 0 Å². The predicted octanol–water partition coefficient (Wildman–Crippen LogP) is 0.443. The van der Waals surface area contributed by atoms with Crippen LogP contribution in [0.1, 0.15) is 0 Å². The highest BCUT2D eigenvalue weighted by Crippen LogP contribution is 2.08. The van der Waals surface area contributed by atoms with Gasteiger partial charge in [-0.2, -0.15) is 0 Å². The number of carbonyl (C=O) groups is 1. The van der Waals surface area contributed by atoms with Gasteiger partial charge in [0, 0.05) is 5.38 Å². The number of thiazole rings is 1. The summed E-state index contributed by atoms with van der Waals surface area (Å²) in [5.41, 5.74) is 0. The number of rotatable bonds is 3. The van der Waals surface area contributed by atoms with Crippen LogP contribution in [0.2, 0.25) is 0 Å². The molecule has 0 aliphatic carbocycles. The number of hydrogen-bond donors (Lipinski definition) is 1. The lowest BCUT2D eigenvalue weighted by Gasteiger charge is -2.07. The zero-order chi connectivity index (χ0) is 8.97. The van der Waals surface area contributed by atoms with Crippen LogP contribution in [-0.2, 0) is 4.79 Å². The van der Waals surface area contributed by atoms with Gasteiger partial charge in [0.15, 0.2) is 5.13 Å². The van der Waals surface area contributed by atoms with Crippen LogP contribution in [0.25, 0.3) is 0 Å². The molecule has 1 heterocycles. The van der Waals surface area contributed by atoms with Crippen molar-refractivity contribution in [3.05, 3.63) is 11.6 Å². The van der Waals surface area contributed by atoms with Gasteiger partial charge in [-0.15, -0.1) is 11.3 Å². The molecule has 0 aromatic carbocycles. The summed E-state index contributed by atoms with van der Waals surface area (Å²) in [6, 6.07) is 0. The van der Waals surface area contributed by atoms with E-state index < -0.39 is 0 Å². The normalized spacial score (nSPS) is 10.2. The summed E-state index contributed by atoms with van der Waals surface area (Å²) in [5, 5.41) is 4.95. The molecule has 1 amide bonds. The molecule has 0 aliphatic rings. The molecule has 0 aliphatic heterocycles. The number of aromatic nitrogens is 1. The van der Waals surface area contributed by atoms with Crippen LogP contribution in [0.4, 0.5) is 5.13 Å². The zero-order valence-electron chi connectivity index (χ0n) is 7.00. The van der Waals surface area contributed by atoms with Crippen molar-refractivity contribution in [1.29, 1.82) is 0 Å².